The van der Waals surface area contributed by atoms with E-state index in [-0.39, 0.29) is 35.0 Å². The summed E-state index contributed by atoms with van der Waals surface area (Å²) in [5, 5.41) is 2.84. The van der Waals surface area contributed by atoms with Crippen molar-refractivity contribution in [3.8, 4) is 0 Å². The molecule has 0 bridgehead atoms. The van der Waals surface area contributed by atoms with Crippen LogP contribution in [0.1, 0.15) is 60.8 Å². The molecule has 1 aliphatic carbocycles. The molecule has 2 aliphatic rings. The standard InChI is InChI=1S/C27H35FN4O2/c1-17-6-7-20(14-29-17)25(33)30-24-11-23(28)10-21(19(24)3)16-31-8-9-32(18(2)15-31)26(34)22-12-27(4,5)13-22/h6-7,10-11,14,18,22H,8-9,12-13,15-16H2,1-5H3,(H,30,33)/t18-/m0/s1. The lowest BCUT2D eigenvalue weighted by Crippen LogP contribution is -2.56. The van der Waals surface area contributed by atoms with Gasteiger partial charge < -0.3 is 10.2 Å². The Labute approximate surface area is 201 Å². The van der Waals surface area contributed by atoms with E-state index in [0.29, 0.717) is 24.3 Å². The fourth-order valence-corrected chi connectivity index (χ4v) is 5.25. The molecule has 0 spiro atoms. The van der Waals surface area contributed by atoms with Crippen LogP contribution in [0.3, 0.4) is 0 Å². The van der Waals surface area contributed by atoms with Crippen LogP contribution in [0.2, 0.25) is 0 Å². The van der Waals surface area contributed by atoms with Gasteiger partial charge in [-0.25, -0.2) is 4.39 Å². The third kappa shape index (κ3) is 5.30. The lowest BCUT2D eigenvalue weighted by atomic mass is 9.64. The van der Waals surface area contributed by atoms with Crippen LogP contribution in [-0.4, -0.2) is 52.3 Å². The van der Waals surface area contributed by atoms with Crippen LogP contribution in [0, 0.1) is 31.0 Å². The van der Waals surface area contributed by atoms with Crippen LogP contribution < -0.4 is 5.32 Å². The Bertz CT molecular complexity index is 1070. The molecule has 0 unspecified atom stereocenters. The quantitative estimate of drug-likeness (QED) is 0.702. The number of aryl methyl sites for hydroxylation is 1. The SMILES string of the molecule is Cc1ccc(C(=O)Nc2cc(F)cc(CN3CCN(C(=O)C4CC(C)(C)C4)[C@@H](C)C3)c2C)cn1. The first-order valence-electron chi connectivity index (χ1n) is 12.1. The van der Waals surface area contributed by atoms with Crippen molar-refractivity contribution in [1.82, 2.24) is 14.8 Å². The molecule has 1 aliphatic heterocycles. The zero-order valence-electron chi connectivity index (χ0n) is 20.8. The molecular formula is C27H35FN4O2. The van der Waals surface area contributed by atoms with Crippen LogP contribution in [-0.2, 0) is 11.3 Å². The maximum Gasteiger partial charge on any atom is 0.257 e. The molecule has 2 fully saturated rings. The summed E-state index contributed by atoms with van der Waals surface area (Å²) in [6.07, 6.45) is 3.45. The van der Waals surface area contributed by atoms with Crippen molar-refractivity contribution in [3.63, 3.8) is 0 Å². The predicted molar refractivity (Wildman–Crippen MR) is 131 cm³/mol. The molecule has 2 aromatic rings. The fourth-order valence-electron chi connectivity index (χ4n) is 5.25. The van der Waals surface area contributed by atoms with Gasteiger partial charge in [-0.3, -0.25) is 19.5 Å². The number of nitrogens with one attached hydrogen (secondary N) is 1. The van der Waals surface area contributed by atoms with Gasteiger partial charge in [0.05, 0.1) is 5.56 Å². The Morgan fingerprint density at radius 3 is 2.53 bits per heavy atom. The third-order valence-corrected chi connectivity index (χ3v) is 7.24. The van der Waals surface area contributed by atoms with Gasteiger partial charge in [-0.05, 0) is 74.4 Å². The summed E-state index contributed by atoms with van der Waals surface area (Å²) < 4.78 is 14.5. The van der Waals surface area contributed by atoms with Crippen molar-refractivity contribution < 1.29 is 14.0 Å². The highest BCUT2D eigenvalue weighted by Crippen LogP contribution is 2.45. The molecule has 1 N–H and O–H groups in total. The van der Waals surface area contributed by atoms with E-state index in [1.807, 2.05) is 18.7 Å². The molecule has 7 heteroatoms. The van der Waals surface area contributed by atoms with Gasteiger partial charge in [0.1, 0.15) is 5.82 Å². The van der Waals surface area contributed by atoms with Gasteiger partial charge in [0.2, 0.25) is 5.91 Å². The summed E-state index contributed by atoms with van der Waals surface area (Å²) in [4.78, 5) is 34.0. The lowest BCUT2D eigenvalue weighted by Gasteiger charge is -2.47. The number of halogens is 1. The highest BCUT2D eigenvalue weighted by atomic mass is 19.1. The number of nitrogens with zero attached hydrogens (tertiary/aromatic N) is 3. The van der Waals surface area contributed by atoms with Crippen LogP contribution in [0.4, 0.5) is 10.1 Å². The molecule has 1 aromatic carbocycles. The average molecular weight is 467 g/mol. The molecule has 1 atom stereocenters. The van der Waals surface area contributed by atoms with Crippen LogP contribution in [0.15, 0.2) is 30.5 Å². The number of carbonyl (C=O) groups excluding carboxylic acids is 2. The second-order valence-electron chi connectivity index (χ2n) is 10.8. The largest absolute Gasteiger partial charge is 0.337 e. The molecule has 2 heterocycles. The number of pyridine rings is 1. The lowest BCUT2D eigenvalue weighted by molar-refractivity contribution is -0.147. The Balaban J connectivity index is 1.40. The van der Waals surface area contributed by atoms with Crippen molar-refractivity contribution >= 4 is 17.5 Å². The smallest absolute Gasteiger partial charge is 0.257 e. The number of amides is 2. The molecule has 2 amide bonds. The average Bonchev–Trinajstić information content (AvgIpc) is 2.75. The van der Waals surface area contributed by atoms with Crippen molar-refractivity contribution in [3.05, 3.63) is 58.7 Å². The van der Waals surface area contributed by atoms with E-state index in [9.17, 15) is 14.0 Å². The summed E-state index contributed by atoms with van der Waals surface area (Å²) in [6.45, 7) is 13.0. The summed E-state index contributed by atoms with van der Waals surface area (Å²) in [6, 6.07) is 6.50. The number of hydrogen-bond donors (Lipinski definition) is 1. The van der Waals surface area contributed by atoms with E-state index < -0.39 is 0 Å². The monoisotopic (exact) mass is 466 g/mol. The number of benzene rings is 1. The minimum absolute atomic E-state index is 0.118. The number of piperazine rings is 1. The van der Waals surface area contributed by atoms with Crippen molar-refractivity contribution in [1.29, 1.82) is 0 Å². The molecule has 182 valence electrons. The number of aromatic nitrogens is 1. The zero-order chi connectivity index (χ0) is 24.6. The second kappa shape index (κ2) is 9.45. The molecule has 1 saturated heterocycles. The summed E-state index contributed by atoms with van der Waals surface area (Å²) in [5.74, 6) is -0.257. The number of carbonyl (C=O) groups is 2. The normalized spacial score (nSPS) is 20.6. The number of rotatable bonds is 5. The van der Waals surface area contributed by atoms with Crippen molar-refractivity contribution in [2.24, 2.45) is 11.3 Å². The molecule has 1 aromatic heterocycles. The highest BCUT2D eigenvalue weighted by molar-refractivity contribution is 6.04. The van der Waals surface area contributed by atoms with Gasteiger partial charge in [-0.2, -0.15) is 0 Å². The highest BCUT2D eigenvalue weighted by Gasteiger charge is 2.43. The first kappa shape index (κ1) is 24.3. The molecule has 4 rings (SSSR count). The molecular weight excluding hydrogens is 431 g/mol. The molecule has 34 heavy (non-hydrogen) atoms. The first-order valence-corrected chi connectivity index (χ1v) is 12.1. The zero-order valence-corrected chi connectivity index (χ0v) is 20.8. The van der Waals surface area contributed by atoms with E-state index in [2.05, 4.69) is 36.0 Å². The maximum absolute atomic E-state index is 14.5. The van der Waals surface area contributed by atoms with E-state index in [4.69, 9.17) is 0 Å². The van der Waals surface area contributed by atoms with Gasteiger partial charge in [0, 0.05) is 55.7 Å². The molecule has 1 saturated carbocycles. The minimum atomic E-state index is -0.382. The Morgan fingerprint density at radius 2 is 1.91 bits per heavy atom. The second-order valence-corrected chi connectivity index (χ2v) is 10.8. The van der Waals surface area contributed by atoms with Crippen LogP contribution >= 0.6 is 0 Å². The van der Waals surface area contributed by atoms with E-state index in [1.54, 1.807) is 12.1 Å². The van der Waals surface area contributed by atoms with Gasteiger partial charge >= 0.3 is 0 Å². The van der Waals surface area contributed by atoms with Gasteiger partial charge in [-0.15, -0.1) is 0 Å². The Kier molecular flexibility index (Phi) is 6.76. The summed E-state index contributed by atoms with van der Waals surface area (Å²) in [7, 11) is 0. The maximum atomic E-state index is 14.5. The van der Waals surface area contributed by atoms with E-state index in [0.717, 1.165) is 42.8 Å². The summed E-state index contributed by atoms with van der Waals surface area (Å²) >= 11 is 0. The van der Waals surface area contributed by atoms with E-state index in [1.165, 1.54) is 18.3 Å². The van der Waals surface area contributed by atoms with Crippen LogP contribution in [0.25, 0.3) is 0 Å². The number of hydrogen-bond acceptors (Lipinski definition) is 4. The van der Waals surface area contributed by atoms with Gasteiger partial charge in [0.15, 0.2) is 0 Å². The topological polar surface area (TPSA) is 65.5 Å². The van der Waals surface area contributed by atoms with Crippen molar-refractivity contribution in [2.75, 3.05) is 25.0 Å². The predicted octanol–water partition coefficient (Wildman–Crippen LogP) is 4.56. The Morgan fingerprint density at radius 1 is 1.18 bits per heavy atom. The van der Waals surface area contributed by atoms with Crippen LogP contribution in [0.5, 0.6) is 0 Å². The van der Waals surface area contributed by atoms with Gasteiger partial charge in [-0.1, -0.05) is 13.8 Å². The Hall–Kier alpha value is -2.80. The summed E-state index contributed by atoms with van der Waals surface area (Å²) in [5.41, 5.74) is 3.69. The van der Waals surface area contributed by atoms with Gasteiger partial charge in [0.25, 0.3) is 5.91 Å². The molecule has 6 nitrogen and oxygen atoms in total. The number of anilines is 1. The fraction of sp³-hybridized carbons (Fsp3) is 0.519. The minimum Gasteiger partial charge on any atom is -0.337 e. The molecule has 0 radical (unpaired) electrons. The van der Waals surface area contributed by atoms with E-state index >= 15 is 0 Å². The third-order valence-electron chi connectivity index (χ3n) is 7.24. The first-order chi connectivity index (χ1) is 16.0. The van der Waals surface area contributed by atoms with Crippen molar-refractivity contribution in [2.45, 2.75) is 60.0 Å².